The third-order valence-corrected chi connectivity index (χ3v) is 4.34. The average Bonchev–Trinajstić information content (AvgIpc) is 3.01. The highest BCUT2D eigenvalue weighted by molar-refractivity contribution is 5.87. The minimum atomic E-state index is -0.911. The summed E-state index contributed by atoms with van der Waals surface area (Å²) in [4.78, 5) is 19.9. The SMILES string of the molecule is O=C(O)c1ccc(CNC[C@H]2COCc3nc4cccnc4n32)cc1. The Morgan fingerprint density at radius 2 is 2.16 bits per heavy atom. The van der Waals surface area contributed by atoms with E-state index < -0.39 is 5.97 Å². The molecular weight excluding hydrogens is 320 g/mol. The van der Waals surface area contributed by atoms with E-state index in [-0.39, 0.29) is 6.04 Å². The summed E-state index contributed by atoms with van der Waals surface area (Å²) in [5, 5.41) is 12.3. The molecule has 1 aromatic carbocycles. The molecule has 0 aliphatic carbocycles. The van der Waals surface area contributed by atoms with Crippen molar-refractivity contribution >= 4 is 17.1 Å². The highest BCUT2D eigenvalue weighted by atomic mass is 16.5. The number of hydrogen-bond acceptors (Lipinski definition) is 5. The molecule has 0 saturated heterocycles. The van der Waals surface area contributed by atoms with Crippen LogP contribution in [-0.4, -0.2) is 38.8 Å². The highest BCUT2D eigenvalue weighted by Crippen LogP contribution is 2.24. The summed E-state index contributed by atoms with van der Waals surface area (Å²) in [6.07, 6.45) is 1.78. The van der Waals surface area contributed by atoms with Crippen molar-refractivity contribution in [3.8, 4) is 0 Å². The average molecular weight is 338 g/mol. The maximum Gasteiger partial charge on any atom is 0.335 e. The molecule has 0 spiro atoms. The van der Waals surface area contributed by atoms with E-state index in [0.29, 0.717) is 25.3 Å². The Bertz CT molecular complexity index is 904. The van der Waals surface area contributed by atoms with E-state index in [1.165, 1.54) is 0 Å². The Morgan fingerprint density at radius 3 is 2.96 bits per heavy atom. The largest absolute Gasteiger partial charge is 0.478 e. The van der Waals surface area contributed by atoms with Gasteiger partial charge in [0.2, 0.25) is 0 Å². The fraction of sp³-hybridized carbons (Fsp3) is 0.278. The summed E-state index contributed by atoms with van der Waals surface area (Å²) < 4.78 is 7.82. The van der Waals surface area contributed by atoms with Crippen LogP contribution in [0.5, 0.6) is 0 Å². The van der Waals surface area contributed by atoms with Crippen molar-refractivity contribution in [3.05, 3.63) is 59.5 Å². The minimum Gasteiger partial charge on any atom is -0.478 e. The smallest absolute Gasteiger partial charge is 0.335 e. The first-order chi connectivity index (χ1) is 12.2. The van der Waals surface area contributed by atoms with Crippen LogP contribution in [0.3, 0.4) is 0 Å². The molecule has 2 N–H and O–H groups in total. The molecule has 25 heavy (non-hydrogen) atoms. The predicted octanol–water partition coefficient (Wildman–Crippen LogP) is 1.99. The van der Waals surface area contributed by atoms with Crippen LogP contribution in [-0.2, 0) is 17.9 Å². The number of carbonyl (C=O) groups is 1. The fourth-order valence-electron chi connectivity index (χ4n) is 3.12. The second-order valence-corrected chi connectivity index (χ2v) is 6.05. The molecule has 1 atom stereocenters. The van der Waals surface area contributed by atoms with E-state index in [1.54, 1.807) is 18.3 Å². The van der Waals surface area contributed by atoms with Gasteiger partial charge in [-0.3, -0.25) is 0 Å². The van der Waals surface area contributed by atoms with Gasteiger partial charge in [0.25, 0.3) is 0 Å². The van der Waals surface area contributed by atoms with Crippen LogP contribution in [0.1, 0.15) is 27.8 Å². The van der Waals surface area contributed by atoms with Crippen LogP contribution < -0.4 is 5.32 Å². The van der Waals surface area contributed by atoms with Gasteiger partial charge in [-0.2, -0.15) is 0 Å². The molecule has 0 radical (unpaired) electrons. The van der Waals surface area contributed by atoms with E-state index in [4.69, 9.17) is 9.84 Å². The second-order valence-electron chi connectivity index (χ2n) is 6.05. The molecule has 1 aliphatic heterocycles. The van der Waals surface area contributed by atoms with Crippen LogP contribution >= 0.6 is 0 Å². The first-order valence-corrected chi connectivity index (χ1v) is 8.15. The number of pyridine rings is 1. The van der Waals surface area contributed by atoms with E-state index >= 15 is 0 Å². The summed E-state index contributed by atoms with van der Waals surface area (Å²) >= 11 is 0. The maximum atomic E-state index is 10.9. The van der Waals surface area contributed by atoms with Gasteiger partial charge in [-0.05, 0) is 29.8 Å². The molecule has 1 aliphatic rings. The summed E-state index contributed by atoms with van der Waals surface area (Å²) in [5.74, 6) is -0.0107. The van der Waals surface area contributed by atoms with Crippen molar-refractivity contribution in [3.63, 3.8) is 0 Å². The lowest BCUT2D eigenvalue weighted by Gasteiger charge is -2.26. The third kappa shape index (κ3) is 3.11. The molecule has 4 rings (SSSR count). The molecule has 0 amide bonds. The first kappa shape index (κ1) is 15.7. The van der Waals surface area contributed by atoms with E-state index in [1.807, 2.05) is 24.3 Å². The van der Waals surface area contributed by atoms with Gasteiger partial charge in [-0.25, -0.2) is 14.8 Å². The number of fused-ring (bicyclic) bond motifs is 3. The fourth-order valence-corrected chi connectivity index (χ4v) is 3.12. The molecule has 2 aromatic heterocycles. The minimum absolute atomic E-state index is 0.127. The summed E-state index contributed by atoms with van der Waals surface area (Å²) in [6.45, 7) is 2.49. The molecule has 3 heterocycles. The Balaban J connectivity index is 1.45. The Kier molecular flexibility index (Phi) is 4.17. The summed E-state index contributed by atoms with van der Waals surface area (Å²) in [6, 6.07) is 10.9. The topological polar surface area (TPSA) is 89.3 Å². The zero-order valence-corrected chi connectivity index (χ0v) is 13.6. The number of rotatable bonds is 5. The number of aromatic carboxylic acids is 1. The van der Waals surface area contributed by atoms with Gasteiger partial charge < -0.3 is 19.7 Å². The van der Waals surface area contributed by atoms with Crippen molar-refractivity contribution in [1.29, 1.82) is 0 Å². The van der Waals surface area contributed by atoms with E-state index in [2.05, 4.69) is 19.9 Å². The number of hydrogen-bond donors (Lipinski definition) is 2. The molecule has 0 bridgehead atoms. The van der Waals surface area contributed by atoms with Crippen LogP contribution in [0.2, 0.25) is 0 Å². The zero-order chi connectivity index (χ0) is 17.2. The van der Waals surface area contributed by atoms with Crippen LogP contribution in [0, 0.1) is 0 Å². The molecule has 128 valence electrons. The molecule has 0 fully saturated rings. The van der Waals surface area contributed by atoms with Crippen molar-refractivity contribution in [2.24, 2.45) is 0 Å². The second kappa shape index (κ2) is 6.62. The van der Waals surface area contributed by atoms with Crippen LogP contribution in [0.15, 0.2) is 42.6 Å². The molecule has 0 unspecified atom stereocenters. The van der Waals surface area contributed by atoms with Gasteiger partial charge in [0, 0.05) is 19.3 Å². The normalized spacial score (nSPS) is 16.7. The summed E-state index contributed by atoms with van der Waals surface area (Å²) in [5.41, 5.74) is 3.11. The number of nitrogens with zero attached hydrogens (tertiary/aromatic N) is 3. The van der Waals surface area contributed by atoms with Crippen LogP contribution in [0.4, 0.5) is 0 Å². The summed E-state index contributed by atoms with van der Waals surface area (Å²) in [7, 11) is 0. The Morgan fingerprint density at radius 1 is 1.32 bits per heavy atom. The number of carboxylic acid groups (broad SMARTS) is 1. The lowest BCUT2D eigenvalue weighted by Crippen LogP contribution is -2.32. The van der Waals surface area contributed by atoms with Gasteiger partial charge >= 0.3 is 5.97 Å². The zero-order valence-electron chi connectivity index (χ0n) is 13.6. The highest BCUT2D eigenvalue weighted by Gasteiger charge is 2.24. The number of ether oxygens (including phenoxy) is 1. The molecule has 7 heteroatoms. The molecule has 0 saturated carbocycles. The third-order valence-electron chi connectivity index (χ3n) is 4.34. The Labute approximate surface area is 144 Å². The number of carboxylic acids is 1. The van der Waals surface area contributed by atoms with Gasteiger partial charge in [-0.1, -0.05) is 12.1 Å². The molecule has 7 nitrogen and oxygen atoms in total. The lowest BCUT2D eigenvalue weighted by atomic mass is 10.1. The van der Waals surface area contributed by atoms with Crippen molar-refractivity contribution in [2.45, 2.75) is 19.2 Å². The maximum absolute atomic E-state index is 10.9. The number of aromatic nitrogens is 3. The van der Waals surface area contributed by atoms with Gasteiger partial charge in [0.05, 0.1) is 18.2 Å². The monoisotopic (exact) mass is 338 g/mol. The van der Waals surface area contributed by atoms with Gasteiger partial charge in [0.1, 0.15) is 17.9 Å². The lowest BCUT2D eigenvalue weighted by molar-refractivity contribution is 0.0561. The molecular formula is C18H18N4O3. The van der Waals surface area contributed by atoms with Gasteiger partial charge in [0.15, 0.2) is 5.65 Å². The first-order valence-electron chi connectivity index (χ1n) is 8.15. The van der Waals surface area contributed by atoms with Gasteiger partial charge in [-0.15, -0.1) is 0 Å². The number of imidazole rings is 1. The predicted molar refractivity (Wildman–Crippen MR) is 91.3 cm³/mol. The van der Waals surface area contributed by atoms with E-state index in [9.17, 15) is 4.79 Å². The number of nitrogens with one attached hydrogen (secondary N) is 1. The van der Waals surface area contributed by atoms with Crippen LogP contribution in [0.25, 0.3) is 11.2 Å². The molecule has 3 aromatic rings. The van der Waals surface area contributed by atoms with Crippen molar-refractivity contribution in [2.75, 3.05) is 13.2 Å². The van der Waals surface area contributed by atoms with Crippen molar-refractivity contribution in [1.82, 2.24) is 19.9 Å². The standard InChI is InChI=1S/C18H18N4O3/c23-18(24)13-5-3-12(4-6-13)8-19-9-14-10-25-11-16-21-15-2-1-7-20-17(15)22(14)16/h1-7,14,19H,8-11H2,(H,23,24)/t14-/m0/s1. The Hall–Kier alpha value is -2.77. The van der Waals surface area contributed by atoms with Crippen molar-refractivity contribution < 1.29 is 14.6 Å². The quantitative estimate of drug-likeness (QED) is 0.739. The van der Waals surface area contributed by atoms with E-state index in [0.717, 1.165) is 29.1 Å². The number of benzene rings is 1.